The molecule has 0 amide bonds. The molecule has 19 heavy (non-hydrogen) atoms. The van der Waals surface area contributed by atoms with Gasteiger partial charge in [0.15, 0.2) is 0 Å². The fourth-order valence-electron chi connectivity index (χ4n) is 1.87. The van der Waals surface area contributed by atoms with Gasteiger partial charge in [0, 0.05) is 12.1 Å². The summed E-state index contributed by atoms with van der Waals surface area (Å²) in [6.07, 6.45) is 0. The van der Waals surface area contributed by atoms with Gasteiger partial charge in [-0.05, 0) is 55.7 Å². The fourth-order valence-corrected chi connectivity index (χ4v) is 1.87. The molecule has 0 radical (unpaired) electrons. The lowest BCUT2D eigenvalue weighted by molar-refractivity contribution is -0.384. The Hall–Kier alpha value is -2.36. The van der Waals surface area contributed by atoms with Gasteiger partial charge in [0.2, 0.25) is 0 Å². The number of nitro benzene ring substituents is 1. The molecular formula is C15H15NO3. The Bertz CT molecular complexity index is 618. The predicted octanol–water partition coefficient (Wildman–Crippen LogP) is 4.31. The highest BCUT2D eigenvalue weighted by Crippen LogP contribution is 2.29. The maximum atomic E-state index is 10.6. The molecule has 0 aliphatic rings. The van der Waals surface area contributed by atoms with Crippen molar-refractivity contribution in [2.75, 3.05) is 0 Å². The summed E-state index contributed by atoms with van der Waals surface area (Å²) in [7, 11) is 0. The highest BCUT2D eigenvalue weighted by Gasteiger charge is 2.08. The van der Waals surface area contributed by atoms with E-state index in [1.165, 1.54) is 12.1 Å². The summed E-state index contributed by atoms with van der Waals surface area (Å²) in [5, 5.41) is 10.6. The van der Waals surface area contributed by atoms with Crippen LogP contribution < -0.4 is 4.74 Å². The van der Waals surface area contributed by atoms with Gasteiger partial charge in [-0.15, -0.1) is 0 Å². The SMILES string of the molecule is Cc1cc(C)c(C)c(Oc2ccc([N+](=O)[O-])cc2)c1. The van der Waals surface area contributed by atoms with Gasteiger partial charge in [-0.3, -0.25) is 10.1 Å². The zero-order valence-electron chi connectivity index (χ0n) is 11.1. The van der Waals surface area contributed by atoms with Crippen LogP contribution in [0.3, 0.4) is 0 Å². The molecule has 4 heteroatoms. The lowest BCUT2D eigenvalue weighted by Crippen LogP contribution is -1.92. The second-order valence-electron chi connectivity index (χ2n) is 4.56. The van der Waals surface area contributed by atoms with Crippen LogP contribution in [0.1, 0.15) is 16.7 Å². The topological polar surface area (TPSA) is 52.4 Å². The minimum Gasteiger partial charge on any atom is -0.457 e. The first-order valence-electron chi connectivity index (χ1n) is 5.97. The smallest absolute Gasteiger partial charge is 0.269 e. The molecule has 2 rings (SSSR count). The van der Waals surface area contributed by atoms with E-state index in [1.807, 2.05) is 26.8 Å². The predicted molar refractivity (Wildman–Crippen MR) is 73.8 cm³/mol. The summed E-state index contributed by atoms with van der Waals surface area (Å²) < 4.78 is 5.78. The van der Waals surface area contributed by atoms with Crippen LogP contribution >= 0.6 is 0 Å². The molecule has 0 atom stereocenters. The Morgan fingerprint density at radius 1 is 1.05 bits per heavy atom. The van der Waals surface area contributed by atoms with E-state index in [1.54, 1.807) is 12.1 Å². The molecule has 0 aromatic heterocycles. The van der Waals surface area contributed by atoms with E-state index >= 15 is 0 Å². The fraction of sp³-hybridized carbons (Fsp3) is 0.200. The second kappa shape index (κ2) is 5.10. The lowest BCUT2D eigenvalue weighted by Gasteiger charge is -2.11. The maximum Gasteiger partial charge on any atom is 0.269 e. The lowest BCUT2D eigenvalue weighted by atomic mass is 10.1. The highest BCUT2D eigenvalue weighted by atomic mass is 16.6. The minimum atomic E-state index is -0.425. The largest absolute Gasteiger partial charge is 0.457 e. The summed E-state index contributed by atoms with van der Waals surface area (Å²) >= 11 is 0. The van der Waals surface area contributed by atoms with E-state index in [4.69, 9.17) is 4.74 Å². The molecular weight excluding hydrogens is 242 g/mol. The number of nitrogens with zero attached hydrogens (tertiary/aromatic N) is 1. The Morgan fingerprint density at radius 2 is 1.68 bits per heavy atom. The van der Waals surface area contributed by atoms with Gasteiger partial charge in [-0.1, -0.05) is 6.07 Å². The number of non-ortho nitro benzene ring substituents is 1. The van der Waals surface area contributed by atoms with E-state index in [0.717, 1.165) is 22.4 Å². The Labute approximate surface area is 111 Å². The molecule has 0 fully saturated rings. The van der Waals surface area contributed by atoms with Crippen LogP contribution in [-0.4, -0.2) is 4.92 Å². The van der Waals surface area contributed by atoms with Crippen molar-refractivity contribution in [1.29, 1.82) is 0 Å². The van der Waals surface area contributed by atoms with E-state index in [9.17, 15) is 10.1 Å². The van der Waals surface area contributed by atoms with Crippen molar-refractivity contribution >= 4 is 5.69 Å². The second-order valence-corrected chi connectivity index (χ2v) is 4.56. The zero-order valence-corrected chi connectivity index (χ0v) is 11.1. The van der Waals surface area contributed by atoms with Crippen molar-refractivity contribution < 1.29 is 9.66 Å². The molecule has 98 valence electrons. The number of hydrogen-bond acceptors (Lipinski definition) is 3. The van der Waals surface area contributed by atoms with Crippen molar-refractivity contribution in [2.45, 2.75) is 20.8 Å². The van der Waals surface area contributed by atoms with E-state index in [2.05, 4.69) is 6.07 Å². The highest BCUT2D eigenvalue weighted by molar-refractivity contribution is 5.45. The molecule has 0 bridgehead atoms. The van der Waals surface area contributed by atoms with Crippen molar-refractivity contribution in [3.63, 3.8) is 0 Å². The van der Waals surface area contributed by atoms with E-state index in [-0.39, 0.29) is 5.69 Å². The van der Waals surface area contributed by atoms with E-state index in [0.29, 0.717) is 5.75 Å². The summed E-state index contributed by atoms with van der Waals surface area (Å²) in [5.41, 5.74) is 3.42. The number of aryl methyl sites for hydroxylation is 2. The van der Waals surface area contributed by atoms with Crippen LogP contribution in [0.2, 0.25) is 0 Å². The van der Waals surface area contributed by atoms with Gasteiger partial charge < -0.3 is 4.74 Å². The summed E-state index contributed by atoms with van der Waals surface area (Å²) in [5.74, 6) is 1.38. The van der Waals surface area contributed by atoms with Gasteiger partial charge in [0.05, 0.1) is 4.92 Å². The third kappa shape index (κ3) is 2.91. The van der Waals surface area contributed by atoms with Crippen molar-refractivity contribution in [3.05, 3.63) is 63.2 Å². The van der Waals surface area contributed by atoms with Gasteiger partial charge in [-0.25, -0.2) is 0 Å². The monoisotopic (exact) mass is 257 g/mol. The molecule has 0 aliphatic carbocycles. The summed E-state index contributed by atoms with van der Waals surface area (Å²) in [6, 6.07) is 10.1. The molecule has 2 aromatic carbocycles. The quantitative estimate of drug-likeness (QED) is 0.608. The number of nitro groups is 1. The van der Waals surface area contributed by atoms with Crippen LogP contribution in [0, 0.1) is 30.9 Å². The van der Waals surface area contributed by atoms with Crippen molar-refractivity contribution in [1.82, 2.24) is 0 Å². The molecule has 0 spiro atoms. The van der Waals surface area contributed by atoms with Crippen LogP contribution in [0.25, 0.3) is 0 Å². The first-order valence-corrected chi connectivity index (χ1v) is 5.97. The first-order chi connectivity index (χ1) is 8.97. The normalized spacial score (nSPS) is 10.3. The summed E-state index contributed by atoms with van der Waals surface area (Å²) in [6.45, 7) is 6.04. The van der Waals surface area contributed by atoms with Crippen molar-refractivity contribution in [3.8, 4) is 11.5 Å². The van der Waals surface area contributed by atoms with Crippen LogP contribution in [0.15, 0.2) is 36.4 Å². The van der Waals surface area contributed by atoms with Crippen LogP contribution in [0.5, 0.6) is 11.5 Å². The van der Waals surface area contributed by atoms with Gasteiger partial charge in [-0.2, -0.15) is 0 Å². The Balaban J connectivity index is 2.28. The van der Waals surface area contributed by atoms with Gasteiger partial charge >= 0.3 is 0 Å². The Kier molecular flexibility index (Phi) is 3.51. The molecule has 0 aliphatic heterocycles. The average Bonchev–Trinajstić information content (AvgIpc) is 2.36. The molecule has 4 nitrogen and oxygen atoms in total. The third-order valence-electron chi connectivity index (χ3n) is 3.04. The standard InChI is InChI=1S/C15H15NO3/c1-10-8-11(2)12(3)15(9-10)19-14-6-4-13(5-7-14)16(17)18/h4-9H,1-3H3. The number of benzene rings is 2. The van der Waals surface area contributed by atoms with Crippen LogP contribution in [0.4, 0.5) is 5.69 Å². The molecule has 0 saturated carbocycles. The molecule has 0 saturated heterocycles. The third-order valence-corrected chi connectivity index (χ3v) is 3.04. The summed E-state index contributed by atoms with van der Waals surface area (Å²) in [4.78, 5) is 10.2. The van der Waals surface area contributed by atoms with E-state index < -0.39 is 4.92 Å². The van der Waals surface area contributed by atoms with Gasteiger partial charge in [0.25, 0.3) is 5.69 Å². The number of hydrogen-bond donors (Lipinski definition) is 0. The number of ether oxygens (including phenoxy) is 1. The molecule has 0 N–H and O–H groups in total. The first kappa shape index (κ1) is 13.1. The minimum absolute atomic E-state index is 0.0597. The molecule has 2 aromatic rings. The average molecular weight is 257 g/mol. The maximum absolute atomic E-state index is 10.6. The zero-order chi connectivity index (χ0) is 14.0. The Morgan fingerprint density at radius 3 is 2.26 bits per heavy atom. The van der Waals surface area contributed by atoms with Gasteiger partial charge in [0.1, 0.15) is 11.5 Å². The molecule has 0 unspecified atom stereocenters. The van der Waals surface area contributed by atoms with Crippen molar-refractivity contribution in [2.24, 2.45) is 0 Å². The number of rotatable bonds is 3. The van der Waals surface area contributed by atoms with Crippen LogP contribution in [-0.2, 0) is 0 Å². The molecule has 0 heterocycles.